The van der Waals surface area contributed by atoms with Gasteiger partial charge in [-0.3, -0.25) is 19.3 Å². The van der Waals surface area contributed by atoms with Crippen LogP contribution >= 0.6 is 11.8 Å². The highest BCUT2D eigenvalue weighted by atomic mass is 32.2. The number of carbonyl (C=O) groups excluding carboxylic acids is 4. The lowest BCUT2D eigenvalue weighted by Crippen LogP contribution is -2.38. The van der Waals surface area contributed by atoms with Crippen LogP contribution in [0, 0.1) is 0 Å². The molecule has 1 fully saturated rings. The maximum absolute atomic E-state index is 11.9. The van der Waals surface area contributed by atoms with Crippen molar-refractivity contribution in [1.82, 2.24) is 10.2 Å². The highest BCUT2D eigenvalue weighted by molar-refractivity contribution is 8.14. The van der Waals surface area contributed by atoms with Crippen molar-refractivity contribution >= 4 is 40.5 Å². The number of rotatable bonds is 7. The average Bonchev–Trinajstić information content (AvgIpc) is 2.91. The van der Waals surface area contributed by atoms with Crippen LogP contribution in [-0.4, -0.2) is 67.5 Å². The Kier molecular flexibility index (Phi) is 6.40. The summed E-state index contributed by atoms with van der Waals surface area (Å²) in [5, 5.41) is 2.19. The molecule has 0 aliphatic carbocycles. The first-order chi connectivity index (χ1) is 11.9. The Morgan fingerprint density at radius 3 is 2.48 bits per heavy atom. The smallest absolute Gasteiger partial charge is 0.338 e. The van der Waals surface area contributed by atoms with Gasteiger partial charge in [-0.15, -0.1) is 0 Å². The van der Waals surface area contributed by atoms with Crippen molar-refractivity contribution in [3.63, 3.8) is 0 Å². The molecule has 0 aromatic heterocycles. The van der Waals surface area contributed by atoms with Gasteiger partial charge in [0, 0.05) is 32.9 Å². The third kappa shape index (κ3) is 5.21. The molecule has 0 unspecified atom stereocenters. The van der Waals surface area contributed by atoms with Crippen LogP contribution in [0.5, 0.6) is 0 Å². The van der Waals surface area contributed by atoms with E-state index < -0.39 is 18.5 Å². The van der Waals surface area contributed by atoms with Gasteiger partial charge in [0.2, 0.25) is 5.91 Å². The molecule has 3 amide bonds. The molecule has 1 aliphatic heterocycles. The number of nitrogens with zero attached hydrogens (tertiary/aromatic N) is 2. The van der Waals surface area contributed by atoms with Gasteiger partial charge in [0.05, 0.1) is 11.3 Å². The van der Waals surface area contributed by atoms with Crippen LogP contribution in [-0.2, 0) is 14.3 Å². The van der Waals surface area contributed by atoms with E-state index in [9.17, 15) is 19.2 Å². The fraction of sp³-hybridized carbons (Fsp3) is 0.375. The highest BCUT2D eigenvalue weighted by Crippen LogP contribution is 2.17. The second-order valence-corrected chi connectivity index (χ2v) is 6.39. The first-order valence-corrected chi connectivity index (χ1v) is 8.55. The number of nitrogens with one attached hydrogen (secondary N) is 1. The molecule has 0 bridgehead atoms. The van der Waals surface area contributed by atoms with E-state index in [-0.39, 0.29) is 30.0 Å². The minimum Gasteiger partial charge on any atom is -0.452 e. The first kappa shape index (κ1) is 18.8. The van der Waals surface area contributed by atoms with E-state index in [0.29, 0.717) is 5.56 Å². The molecule has 1 aromatic carbocycles. The molecule has 1 aliphatic rings. The maximum Gasteiger partial charge on any atom is 0.338 e. The topological polar surface area (TPSA) is 96.0 Å². The zero-order chi connectivity index (χ0) is 18.4. The summed E-state index contributed by atoms with van der Waals surface area (Å²) in [6.45, 7) is -0.201. The molecule has 1 N–H and O–H groups in total. The van der Waals surface area contributed by atoms with Gasteiger partial charge in [0.1, 0.15) is 0 Å². The number of imide groups is 1. The molecule has 1 aromatic rings. The Morgan fingerprint density at radius 2 is 1.92 bits per heavy atom. The summed E-state index contributed by atoms with van der Waals surface area (Å²) >= 11 is 0.939. The zero-order valence-electron chi connectivity index (χ0n) is 14.0. The minimum absolute atomic E-state index is 0.107. The molecule has 9 heteroatoms. The van der Waals surface area contributed by atoms with Crippen molar-refractivity contribution in [2.45, 2.75) is 0 Å². The third-order valence-corrected chi connectivity index (χ3v) is 4.31. The van der Waals surface area contributed by atoms with E-state index in [1.54, 1.807) is 24.3 Å². The summed E-state index contributed by atoms with van der Waals surface area (Å²) in [6, 6.07) is 6.80. The highest BCUT2D eigenvalue weighted by Gasteiger charge is 2.29. The van der Waals surface area contributed by atoms with Crippen LogP contribution in [0.3, 0.4) is 0 Å². The summed E-state index contributed by atoms with van der Waals surface area (Å²) < 4.78 is 4.94. The minimum atomic E-state index is -0.596. The quantitative estimate of drug-likeness (QED) is 0.711. The van der Waals surface area contributed by atoms with Gasteiger partial charge >= 0.3 is 5.97 Å². The Labute approximate surface area is 149 Å². The summed E-state index contributed by atoms with van der Waals surface area (Å²) in [6.07, 6.45) is 0. The van der Waals surface area contributed by atoms with Crippen molar-refractivity contribution in [2.75, 3.05) is 44.4 Å². The van der Waals surface area contributed by atoms with Gasteiger partial charge in [-0.1, -0.05) is 11.8 Å². The van der Waals surface area contributed by atoms with E-state index in [0.717, 1.165) is 22.3 Å². The Morgan fingerprint density at radius 1 is 1.24 bits per heavy atom. The fourth-order valence-corrected chi connectivity index (χ4v) is 2.82. The lowest BCUT2D eigenvalue weighted by atomic mass is 10.2. The van der Waals surface area contributed by atoms with E-state index in [4.69, 9.17) is 4.74 Å². The number of benzene rings is 1. The molecular weight excluding hydrogens is 346 g/mol. The van der Waals surface area contributed by atoms with Crippen molar-refractivity contribution in [1.29, 1.82) is 0 Å². The van der Waals surface area contributed by atoms with E-state index in [1.165, 1.54) is 0 Å². The van der Waals surface area contributed by atoms with Crippen molar-refractivity contribution in [2.24, 2.45) is 0 Å². The van der Waals surface area contributed by atoms with Gasteiger partial charge in [0.25, 0.3) is 11.1 Å². The predicted octanol–water partition coefficient (Wildman–Crippen LogP) is 0.721. The molecule has 8 nitrogen and oxygen atoms in total. The number of amides is 3. The summed E-state index contributed by atoms with van der Waals surface area (Å²) in [5.74, 6) is -1.22. The number of hydrogen-bond donors (Lipinski definition) is 1. The SMILES string of the molecule is CN(C)c1ccc(C(=O)OCC(=O)NCCN2C(=O)CSC2=O)cc1. The van der Waals surface area contributed by atoms with Crippen LogP contribution in [0.15, 0.2) is 24.3 Å². The summed E-state index contributed by atoms with van der Waals surface area (Å²) in [4.78, 5) is 49.3. The largest absolute Gasteiger partial charge is 0.452 e. The van der Waals surface area contributed by atoms with Crippen LogP contribution in [0.2, 0.25) is 0 Å². The monoisotopic (exact) mass is 365 g/mol. The van der Waals surface area contributed by atoms with Crippen LogP contribution in [0.25, 0.3) is 0 Å². The Balaban J connectivity index is 1.71. The summed E-state index contributed by atoms with van der Waals surface area (Å²) in [7, 11) is 3.78. The lowest BCUT2D eigenvalue weighted by molar-refractivity contribution is -0.126. The third-order valence-electron chi connectivity index (χ3n) is 3.45. The van der Waals surface area contributed by atoms with Crippen LogP contribution in [0.4, 0.5) is 10.5 Å². The molecule has 0 radical (unpaired) electrons. The standard InChI is InChI=1S/C16H19N3O5S/c1-18(2)12-5-3-11(4-6-12)15(22)24-9-13(20)17-7-8-19-14(21)10-25-16(19)23/h3-6H,7-10H2,1-2H3,(H,17,20). The molecule has 0 saturated carbocycles. The zero-order valence-corrected chi connectivity index (χ0v) is 14.8. The molecule has 25 heavy (non-hydrogen) atoms. The maximum atomic E-state index is 11.9. The van der Waals surface area contributed by atoms with Crippen molar-refractivity contribution in [3.8, 4) is 0 Å². The van der Waals surface area contributed by atoms with E-state index in [1.807, 2.05) is 19.0 Å². The van der Waals surface area contributed by atoms with Gasteiger partial charge in [-0.05, 0) is 24.3 Å². The Hall–Kier alpha value is -2.55. The van der Waals surface area contributed by atoms with E-state index in [2.05, 4.69) is 5.32 Å². The number of anilines is 1. The predicted molar refractivity (Wildman–Crippen MR) is 93.6 cm³/mol. The summed E-state index contributed by atoms with van der Waals surface area (Å²) in [5.41, 5.74) is 1.29. The fourth-order valence-electron chi connectivity index (χ4n) is 2.07. The second kappa shape index (κ2) is 8.52. The number of esters is 1. The van der Waals surface area contributed by atoms with Crippen LogP contribution < -0.4 is 10.2 Å². The number of hydrogen-bond acceptors (Lipinski definition) is 7. The lowest BCUT2D eigenvalue weighted by Gasteiger charge is -2.13. The van der Waals surface area contributed by atoms with Gasteiger partial charge < -0.3 is 15.0 Å². The van der Waals surface area contributed by atoms with Gasteiger partial charge in [0.15, 0.2) is 6.61 Å². The Bertz CT molecular complexity index is 659. The van der Waals surface area contributed by atoms with Crippen molar-refractivity contribution < 1.29 is 23.9 Å². The number of thioether (sulfide) groups is 1. The normalized spacial score (nSPS) is 13.8. The van der Waals surface area contributed by atoms with Crippen molar-refractivity contribution in [3.05, 3.63) is 29.8 Å². The second-order valence-electron chi connectivity index (χ2n) is 5.47. The van der Waals surface area contributed by atoms with Gasteiger partial charge in [-0.2, -0.15) is 0 Å². The number of ether oxygens (including phenoxy) is 1. The molecule has 0 spiro atoms. The molecule has 2 rings (SSSR count). The van der Waals surface area contributed by atoms with Gasteiger partial charge in [-0.25, -0.2) is 4.79 Å². The average molecular weight is 365 g/mol. The molecule has 134 valence electrons. The molecule has 1 heterocycles. The number of carbonyl (C=O) groups is 4. The van der Waals surface area contributed by atoms with Crippen LogP contribution in [0.1, 0.15) is 10.4 Å². The molecule has 0 atom stereocenters. The molecule has 1 saturated heterocycles. The molecular formula is C16H19N3O5S. The first-order valence-electron chi connectivity index (χ1n) is 7.57. The van der Waals surface area contributed by atoms with E-state index >= 15 is 0 Å².